The van der Waals surface area contributed by atoms with Crippen LogP contribution in [0.2, 0.25) is 0 Å². The first-order valence-electron chi connectivity index (χ1n) is 5.71. The summed E-state index contributed by atoms with van der Waals surface area (Å²) < 4.78 is 18.9. The second-order valence-electron chi connectivity index (χ2n) is 3.64. The summed E-state index contributed by atoms with van der Waals surface area (Å²) >= 11 is 0. The fourth-order valence-electron chi connectivity index (χ4n) is 1.45. The van der Waals surface area contributed by atoms with Crippen molar-refractivity contribution in [2.24, 2.45) is 0 Å². The molecule has 2 aromatic rings. The van der Waals surface area contributed by atoms with E-state index in [0.717, 1.165) is 0 Å². The van der Waals surface area contributed by atoms with Gasteiger partial charge < -0.3 is 10.1 Å². The third kappa shape index (κ3) is 2.74. The van der Waals surface area contributed by atoms with Crippen LogP contribution in [-0.4, -0.2) is 17.0 Å². The van der Waals surface area contributed by atoms with Crippen molar-refractivity contribution in [2.75, 3.05) is 12.4 Å². The van der Waals surface area contributed by atoms with Crippen molar-refractivity contribution < 1.29 is 9.13 Å². The Morgan fingerprint density at radius 3 is 2.72 bits per heavy atom. The van der Waals surface area contributed by atoms with Crippen LogP contribution < -0.4 is 10.1 Å². The summed E-state index contributed by atoms with van der Waals surface area (Å²) in [6.07, 6.45) is 0.684. The number of ether oxygens (including phenoxy) is 1. The molecular weight excluding hydrogens is 233 g/mol. The molecule has 1 aromatic carbocycles. The fourth-order valence-corrected chi connectivity index (χ4v) is 1.45. The number of benzene rings is 1. The monoisotopic (exact) mass is 247 g/mol. The van der Waals surface area contributed by atoms with Crippen LogP contribution in [0.5, 0.6) is 11.6 Å². The topological polar surface area (TPSA) is 47.0 Å². The van der Waals surface area contributed by atoms with Crippen LogP contribution in [0.3, 0.4) is 0 Å². The molecule has 0 aliphatic carbocycles. The lowest BCUT2D eigenvalue weighted by Gasteiger charge is -2.08. The van der Waals surface area contributed by atoms with Gasteiger partial charge in [0.2, 0.25) is 5.88 Å². The van der Waals surface area contributed by atoms with Crippen molar-refractivity contribution in [3.05, 3.63) is 42.0 Å². The molecule has 0 atom stereocenters. The highest BCUT2D eigenvalue weighted by Gasteiger charge is 2.07. The molecule has 18 heavy (non-hydrogen) atoms. The van der Waals surface area contributed by atoms with Crippen LogP contribution in [0.15, 0.2) is 30.3 Å². The van der Waals surface area contributed by atoms with Crippen LogP contribution in [-0.2, 0) is 6.42 Å². The number of aryl methyl sites for hydroxylation is 1. The second kappa shape index (κ2) is 5.44. The average Bonchev–Trinajstić information content (AvgIpc) is 2.41. The summed E-state index contributed by atoms with van der Waals surface area (Å²) in [5.41, 5.74) is 0. The fraction of sp³-hybridized carbons (Fsp3) is 0.231. The molecule has 0 spiro atoms. The van der Waals surface area contributed by atoms with Gasteiger partial charge in [0.25, 0.3) is 0 Å². The number of rotatable bonds is 4. The Kier molecular flexibility index (Phi) is 3.72. The quantitative estimate of drug-likeness (QED) is 0.902. The number of anilines is 1. The molecule has 0 saturated carbocycles. The average molecular weight is 247 g/mol. The molecule has 0 bridgehead atoms. The van der Waals surface area contributed by atoms with Crippen LogP contribution in [0, 0.1) is 5.82 Å². The second-order valence-corrected chi connectivity index (χ2v) is 3.64. The third-order valence-corrected chi connectivity index (χ3v) is 2.37. The Morgan fingerprint density at radius 1 is 1.28 bits per heavy atom. The van der Waals surface area contributed by atoms with Gasteiger partial charge in [0.15, 0.2) is 11.6 Å². The molecule has 0 radical (unpaired) electrons. The van der Waals surface area contributed by atoms with E-state index in [1.165, 1.54) is 6.07 Å². The Hall–Kier alpha value is -2.17. The number of nitrogens with zero attached hydrogens (tertiary/aromatic N) is 2. The van der Waals surface area contributed by atoms with Crippen molar-refractivity contribution in [3.8, 4) is 11.6 Å². The van der Waals surface area contributed by atoms with Gasteiger partial charge in [-0.1, -0.05) is 19.1 Å². The van der Waals surface area contributed by atoms with Gasteiger partial charge in [-0.15, -0.1) is 0 Å². The molecule has 0 fully saturated rings. The van der Waals surface area contributed by atoms with Gasteiger partial charge in [0.1, 0.15) is 11.6 Å². The zero-order valence-electron chi connectivity index (χ0n) is 10.3. The van der Waals surface area contributed by atoms with Crippen LogP contribution in [0.4, 0.5) is 10.2 Å². The highest BCUT2D eigenvalue weighted by atomic mass is 19.1. The predicted octanol–water partition coefficient (Wildman–Crippen LogP) is 3.01. The molecule has 5 heteroatoms. The minimum atomic E-state index is -0.417. The van der Waals surface area contributed by atoms with Crippen LogP contribution >= 0.6 is 0 Å². The zero-order chi connectivity index (χ0) is 13.0. The number of halogens is 1. The largest absolute Gasteiger partial charge is 0.436 e. The maximum atomic E-state index is 13.5. The van der Waals surface area contributed by atoms with E-state index in [9.17, 15) is 4.39 Å². The summed E-state index contributed by atoms with van der Waals surface area (Å²) in [6, 6.07) is 7.85. The third-order valence-electron chi connectivity index (χ3n) is 2.37. The maximum absolute atomic E-state index is 13.5. The minimum absolute atomic E-state index is 0.153. The molecule has 94 valence electrons. The summed E-state index contributed by atoms with van der Waals surface area (Å²) in [6.45, 7) is 1.95. The van der Waals surface area contributed by atoms with Gasteiger partial charge in [-0.05, 0) is 12.1 Å². The van der Waals surface area contributed by atoms with E-state index in [0.29, 0.717) is 23.9 Å². The van der Waals surface area contributed by atoms with Gasteiger partial charge >= 0.3 is 0 Å². The lowest BCUT2D eigenvalue weighted by molar-refractivity contribution is 0.425. The van der Waals surface area contributed by atoms with E-state index in [4.69, 9.17) is 4.74 Å². The van der Waals surface area contributed by atoms with E-state index in [2.05, 4.69) is 15.3 Å². The van der Waals surface area contributed by atoms with E-state index in [1.807, 2.05) is 6.92 Å². The highest BCUT2D eigenvalue weighted by molar-refractivity contribution is 5.39. The van der Waals surface area contributed by atoms with Crippen LogP contribution in [0.25, 0.3) is 0 Å². The molecule has 0 unspecified atom stereocenters. The van der Waals surface area contributed by atoms with E-state index in [-0.39, 0.29) is 5.75 Å². The number of hydrogen-bond acceptors (Lipinski definition) is 4. The molecular formula is C13H14FN3O. The summed E-state index contributed by atoms with van der Waals surface area (Å²) in [5, 5.41) is 2.92. The van der Waals surface area contributed by atoms with Crippen molar-refractivity contribution >= 4 is 5.82 Å². The Bertz CT molecular complexity index is 523. The number of hydrogen-bond donors (Lipinski definition) is 1. The molecule has 4 nitrogen and oxygen atoms in total. The summed E-state index contributed by atoms with van der Waals surface area (Å²) in [7, 11) is 1.76. The molecule has 0 saturated heterocycles. The van der Waals surface area contributed by atoms with Gasteiger partial charge in [-0.25, -0.2) is 9.37 Å². The Labute approximate surface area is 105 Å². The Balaban J connectivity index is 2.31. The molecule has 0 amide bonds. The van der Waals surface area contributed by atoms with Crippen molar-refractivity contribution in [1.82, 2.24) is 9.97 Å². The Morgan fingerprint density at radius 2 is 2.06 bits per heavy atom. The van der Waals surface area contributed by atoms with Crippen molar-refractivity contribution in [2.45, 2.75) is 13.3 Å². The SMILES string of the molecule is CCc1nc(NC)cc(Oc2ccccc2F)n1. The number of nitrogens with one attached hydrogen (secondary N) is 1. The van der Waals surface area contributed by atoms with E-state index in [1.54, 1.807) is 31.3 Å². The first kappa shape index (κ1) is 12.3. The molecule has 1 heterocycles. The molecule has 0 aliphatic heterocycles. The van der Waals surface area contributed by atoms with Crippen molar-refractivity contribution in [3.63, 3.8) is 0 Å². The lowest BCUT2D eigenvalue weighted by atomic mass is 10.3. The number of para-hydroxylation sites is 1. The highest BCUT2D eigenvalue weighted by Crippen LogP contribution is 2.24. The minimum Gasteiger partial charge on any atom is -0.436 e. The molecule has 0 aliphatic rings. The predicted molar refractivity (Wildman–Crippen MR) is 67.4 cm³/mol. The maximum Gasteiger partial charge on any atom is 0.224 e. The van der Waals surface area contributed by atoms with Gasteiger partial charge in [-0.2, -0.15) is 4.98 Å². The van der Waals surface area contributed by atoms with Crippen LogP contribution in [0.1, 0.15) is 12.7 Å². The molecule has 2 rings (SSSR count). The van der Waals surface area contributed by atoms with Crippen molar-refractivity contribution in [1.29, 1.82) is 0 Å². The van der Waals surface area contributed by atoms with Gasteiger partial charge in [0.05, 0.1) is 0 Å². The lowest BCUT2D eigenvalue weighted by Crippen LogP contribution is -2.01. The van der Waals surface area contributed by atoms with Gasteiger partial charge in [-0.3, -0.25) is 0 Å². The first-order chi connectivity index (χ1) is 8.72. The standard InChI is InChI=1S/C13H14FN3O/c1-3-11-16-12(15-2)8-13(17-11)18-10-7-5-4-6-9(10)14/h4-8H,3H2,1-2H3,(H,15,16,17). The zero-order valence-corrected chi connectivity index (χ0v) is 10.3. The normalized spacial score (nSPS) is 10.2. The molecule has 1 N–H and O–H groups in total. The molecule has 1 aromatic heterocycles. The smallest absolute Gasteiger partial charge is 0.224 e. The summed E-state index contributed by atoms with van der Waals surface area (Å²) in [5.74, 6) is 1.36. The first-order valence-corrected chi connectivity index (χ1v) is 5.71. The number of aromatic nitrogens is 2. The summed E-state index contributed by atoms with van der Waals surface area (Å²) in [4.78, 5) is 8.43. The van der Waals surface area contributed by atoms with E-state index < -0.39 is 5.82 Å². The van der Waals surface area contributed by atoms with E-state index >= 15 is 0 Å². The van der Waals surface area contributed by atoms with Gasteiger partial charge in [0, 0.05) is 19.5 Å².